The molecular formula is C16H16N4O4. The minimum absolute atomic E-state index is 0.131. The zero-order chi connectivity index (χ0) is 17.5. The van der Waals surface area contributed by atoms with E-state index in [1.54, 1.807) is 25.5 Å². The minimum atomic E-state index is -0.580. The monoisotopic (exact) mass is 328 g/mol. The summed E-state index contributed by atoms with van der Waals surface area (Å²) in [6.07, 6.45) is 3.30. The lowest BCUT2D eigenvalue weighted by Crippen LogP contribution is -2.37. The number of carbonyl (C=O) groups is 2. The Bertz CT molecular complexity index is 749. The lowest BCUT2D eigenvalue weighted by Gasteiger charge is -2.17. The van der Waals surface area contributed by atoms with Gasteiger partial charge in [-0.25, -0.2) is 0 Å². The largest absolute Gasteiger partial charge is 0.343 e. The van der Waals surface area contributed by atoms with E-state index in [0.717, 1.165) is 5.56 Å². The highest BCUT2D eigenvalue weighted by molar-refractivity contribution is 5.96. The number of amides is 2. The van der Waals surface area contributed by atoms with Gasteiger partial charge in [0.2, 0.25) is 5.91 Å². The van der Waals surface area contributed by atoms with E-state index < -0.39 is 10.8 Å². The van der Waals surface area contributed by atoms with Crippen LogP contribution in [0.15, 0.2) is 48.8 Å². The topological polar surface area (TPSA) is 105 Å². The first kappa shape index (κ1) is 17.1. The van der Waals surface area contributed by atoms with Crippen molar-refractivity contribution in [1.29, 1.82) is 0 Å². The number of hydrogen-bond acceptors (Lipinski definition) is 5. The number of likely N-dealkylation sites (N-methyl/N-ethyl adjacent to an activating group) is 1. The average molecular weight is 328 g/mol. The van der Waals surface area contributed by atoms with Gasteiger partial charge in [-0.3, -0.25) is 24.7 Å². The summed E-state index contributed by atoms with van der Waals surface area (Å²) in [5.41, 5.74) is 0.827. The van der Waals surface area contributed by atoms with E-state index in [2.05, 4.69) is 10.3 Å². The predicted molar refractivity (Wildman–Crippen MR) is 86.1 cm³/mol. The summed E-state index contributed by atoms with van der Waals surface area (Å²) in [4.78, 5) is 39.6. The minimum Gasteiger partial charge on any atom is -0.343 e. The SMILES string of the molecule is CN(Cc1cccnc1)C(=O)CNC(=O)c1cccc([N+](=O)[O-])c1. The normalized spacial score (nSPS) is 10.0. The molecule has 8 heteroatoms. The first-order chi connectivity index (χ1) is 11.5. The lowest BCUT2D eigenvalue weighted by atomic mass is 10.2. The molecule has 1 N–H and O–H groups in total. The molecule has 0 aliphatic carbocycles. The van der Waals surface area contributed by atoms with Crippen LogP contribution in [-0.2, 0) is 11.3 Å². The first-order valence-corrected chi connectivity index (χ1v) is 7.13. The van der Waals surface area contributed by atoms with Gasteiger partial charge in [0, 0.05) is 43.7 Å². The van der Waals surface area contributed by atoms with Gasteiger partial charge < -0.3 is 10.2 Å². The molecule has 2 rings (SSSR count). The molecule has 0 bridgehead atoms. The zero-order valence-corrected chi connectivity index (χ0v) is 13.0. The lowest BCUT2D eigenvalue weighted by molar-refractivity contribution is -0.384. The molecule has 0 saturated carbocycles. The van der Waals surface area contributed by atoms with Gasteiger partial charge in [-0.05, 0) is 17.7 Å². The summed E-state index contributed by atoms with van der Waals surface area (Å²) in [5.74, 6) is -0.820. The van der Waals surface area contributed by atoms with E-state index in [-0.39, 0.29) is 23.7 Å². The number of rotatable bonds is 6. The second-order valence-corrected chi connectivity index (χ2v) is 5.10. The van der Waals surface area contributed by atoms with Gasteiger partial charge in [-0.1, -0.05) is 12.1 Å². The smallest absolute Gasteiger partial charge is 0.270 e. The van der Waals surface area contributed by atoms with Gasteiger partial charge in [0.25, 0.3) is 11.6 Å². The number of pyridine rings is 1. The second kappa shape index (κ2) is 7.82. The van der Waals surface area contributed by atoms with E-state index in [1.807, 2.05) is 6.07 Å². The van der Waals surface area contributed by atoms with E-state index in [0.29, 0.717) is 6.54 Å². The molecular weight excluding hydrogens is 312 g/mol. The highest BCUT2D eigenvalue weighted by Gasteiger charge is 2.14. The van der Waals surface area contributed by atoms with Crippen LogP contribution in [0.1, 0.15) is 15.9 Å². The molecule has 8 nitrogen and oxygen atoms in total. The Morgan fingerprint density at radius 1 is 1.29 bits per heavy atom. The van der Waals surface area contributed by atoms with E-state index in [4.69, 9.17) is 0 Å². The Labute approximate surface area is 138 Å². The van der Waals surface area contributed by atoms with Gasteiger partial charge in [0.05, 0.1) is 11.5 Å². The molecule has 0 unspecified atom stereocenters. The van der Waals surface area contributed by atoms with Crippen LogP contribution >= 0.6 is 0 Å². The van der Waals surface area contributed by atoms with Crippen LogP contribution in [0, 0.1) is 10.1 Å². The standard InChI is InChI=1S/C16H16N4O4/c1-19(11-12-4-3-7-17-9-12)15(21)10-18-16(22)13-5-2-6-14(8-13)20(23)24/h2-9H,10-11H2,1H3,(H,18,22). The van der Waals surface area contributed by atoms with Crippen molar-refractivity contribution in [2.75, 3.05) is 13.6 Å². The predicted octanol–water partition coefficient (Wildman–Crippen LogP) is 1.38. The number of non-ortho nitro benzene ring substituents is 1. The molecule has 0 saturated heterocycles. The number of nitrogens with zero attached hydrogens (tertiary/aromatic N) is 3. The highest BCUT2D eigenvalue weighted by Crippen LogP contribution is 2.12. The van der Waals surface area contributed by atoms with Crippen molar-refractivity contribution in [1.82, 2.24) is 15.2 Å². The number of benzene rings is 1. The summed E-state index contributed by atoms with van der Waals surface area (Å²) in [7, 11) is 1.62. The average Bonchev–Trinajstić information content (AvgIpc) is 2.60. The summed E-state index contributed by atoms with van der Waals surface area (Å²) in [6, 6.07) is 8.95. The highest BCUT2D eigenvalue weighted by atomic mass is 16.6. The molecule has 124 valence electrons. The number of nitrogens with one attached hydrogen (secondary N) is 1. The Hall–Kier alpha value is -3.29. The van der Waals surface area contributed by atoms with Crippen molar-refractivity contribution in [2.24, 2.45) is 0 Å². The van der Waals surface area contributed by atoms with Crippen molar-refractivity contribution < 1.29 is 14.5 Å². The van der Waals surface area contributed by atoms with E-state index in [9.17, 15) is 19.7 Å². The molecule has 24 heavy (non-hydrogen) atoms. The summed E-state index contributed by atoms with van der Waals surface area (Å²) >= 11 is 0. The van der Waals surface area contributed by atoms with Gasteiger partial charge in [0.15, 0.2) is 0 Å². The third-order valence-electron chi connectivity index (χ3n) is 3.29. The van der Waals surface area contributed by atoms with E-state index in [1.165, 1.54) is 29.2 Å². The maximum absolute atomic E-state index is 12.0. The van der Waals surface area contributed by atoms with Crippen LogP contribution in [0.4, 0.5) is 5.69 Å². The maximum Gasteiger partial charge on any atom is 0.270 e. The van der Waals surface area contributed by atoms with E-state index >= 15 is 0 Å². The first-order valence-electron chi connectivity index (χ1n) is 7.13. The molecule has 0 atom stereocenters. The Balaban J connectivity index is 1.90. The molecule has 2 amide bonds. The zero-order valence-electron chi connectivity index (χ0n) is 13.0. The molecule has 1 aromatic heterocycles. The summed E-state index contributed by atoms with van der Waals surface area (Å²) in [6.45, 7) is 0.178. The molecule has 0 radical (unpaired) electrons. The molecule has 1 aromatic carbocycles. The molecule has 0 aliphatic rings. The van der Waals surface area contributed by atoms with Crippen molar-refractivity contribution in [3.8, 4) is 0 Å². The van der Waals surface area contributed by atoms with Crippen LogP contribution < -0.4 is 5.32 Å². The van der Waals surface area contributed by atoms with Crippen LogP contribution in [-0.4, -0.2) is 40.2 Å². The summed E-state index contributed by atoms with van der Waals surface area (Å²) < 4.78 is 0. The fraction of sp³-hybridized carbons (Fsp3) is 0.188. The fourth-order valence-electron chi connectivity index (χ4n) is 2.01. The van der Waals surface area contributed by atoms with Gasteiger partial charge in [-0.2, -0.15) is 0 Å². The van der Waals surface area contributed by atoms with Crippen molar-refractivity contribution in [2.45, 2.75) is 6.54 Å². The Kier molecular flexibility index (Phi) is 5.56. The molecule has 2 aromatic rings. The second-order valence-electron chi connectivity index (χ2n) is 5.10. The number of carbonyl (C=O) groups excluding carboxylic acids is 2. The Morgan fingerprint density at radius 2 is 2.08 bits per heavy atom. The number of nitro benzene ring substituents is 1. The van der Waals surface area contributed by atoms with Gasteiger partial charge in [0.1, 0.15) is 0 Å². The third-order valence-corrected chi connectivity index (χ3v) is 3.29. The van der Waals surface area contributed by atoms with Gasteiger partial charge in [-0.15, -0.1) is 0 Å². The van der Waals surface area contributed by atoms with Crippen LogP contribution in [0.3, 0.4) is 0 Å². The quantitative estimate of drug-likeness (QED) is 0.637. The fourth-order valence-corrected chi connectivity index (χ4v) is 2.01. The van der Waals surface area contributed by atoms with Crippen molar-refractivity contribution in [3.63, 3.8) is 0 Å². The number of hydrogen-bond donors (Lipinski definition) is 1. The number of nitro groups is 1. The molecule has 0 fully saturated rings. The third kappa shape index (κ3) is 4.60. The van der Waals surface area contributed by atoms with Gasteiger partial charge >= 0.3 is 0 Å². The van der Waals surface area contributed by atoms with Crippen LogP contribution in [0.25, 0.3) is 0 Å². The van der Waals surface area contributed by atoms with Crippen molar-refractivity contribution >= 4 is 17.5 Å². The number of aromatic nitrogens is 1. The van der Waals surface area contributed by atoms with Crippen molar-refractivity contribution in [3.05, 3.63) is 70.0 Å². The maximum atomic E-state index is 12.0. The van der Waals surface area contributed by atoms with Crippen LogP contribution in [0.2, 0.25) is 0 Å². The van der Waals surface area contributed by atoms with Crippen LogP contribution in [0.5, 0.6) is 0 Å². The molecule has 0 spiro atoms. The Morgan fingerprint density at radius 3 is 2.75 bits per heavy atom. The molecule has 1 heterocycles. The molecule has 0 aliphatic heterocycles. The summed E-state index contributed by atoms with van der Waals surface area (Å²) in [5, 5.41) is 13.2.